The van der Waals surface area contributed by atoms with Gasteiger partial charge >= 0.3 is 0 Å². The second kappa shape index (κ2) is 3.49. The lowest BCUT2D eigenvalue weighted by molar-refractivity contribution is 0.607. The van der Waals surface area contributed by atoms with Gasteiger partial charge in [-0.2, -0.15) is 0 Å². The molecule has 70 valence electrons. The highest BCUT2D eigenvalue weighted by Crippen LogP contribution is 2.31. The first-order valence-electron chi connectivity index (χ1n) is 4.26. The quantitative estimate of drug-likeness (QED) is 0.854. The van der Waals surface area contributed by atoms with Gasteiger partial charge in [-0.1, -0.05) is 0 Å². The van der Waals surface area contributed by atoms with Crippen LogP contribution in [0, 0.1) is 0 Å². The minimum Gasteiger partial charge on any atom is -0.372 e. The van der Waals surface area contributed by atoms with Crippen molar-refractivity contribution in [3.05, 3.63) is 10.8 Å². The Bertz CT molecular complexity index is 311. The molecular formula is C8H11BrN4. The van der Waals surface area contributed by atoms with Gasteiger partial charge in [0.1, 0.15) is 22.4 Å². The van der Waals surface area contributed by atoms with Crippen molar-refractivity contribution in [2.75, 3.05) is 30.4 Å². The number of hydrogen-bond acceptors (Lipinski definition) is 4. The maximum Gasteiger partial charge on any atom is 0.148 e. The molecule has 0 aliphatic carbocycles. The zero-order chi connectivity index (χ0) is 9.26. The molecule has 0 saturated carbocycles. The fourth-order valence-electron chi connectivity index (χ4n) is 1.28. The number of halogens is 1. The number of rotatable bonds is 2. The highest BCUT2D eigenvalue weighted by Gasteiger charge is 2.19. The van der Waals surface area contributed by atoms with Crippen molar-refractivity contribution in [2.24, 2.45) is 0 Å². The van der Waals surface area contributed by atoms with Gasteiger partial charge < -0.3 is 10.2 Å². The van der Waals surface area contributed by atoms with Crippen molar-refractivity contribution in [3.63, 3.8) is 0 Å². The van der Waals surface area contributed by atoms with E-state index in [9.17, 15) is 0 Å². The summed E-state index contributed by atoms with van der Waals surface area (Å²) in [5.74, 6) is 1.84. The van der Waals surface area contributed by atoms with Crippen molar-refractivity contribution in [1.29, 1.82) is 0 Å². The van der Waals surface area contributed by atoms with E-state index in [1.807, 2.05) is 7.05 Å². The minimum atomic E-state index is 0.844. The third-order valence-electron chi connectivity index (χ3n) is 2.16. The molecule has 1 aliphatic rings. The van der Waals surface area contributed by atoms with Gasteiger partial charge in [0.2, 0.25) is 0 Å². The molecule has 0 spiro atoms. The van der Waals surface area contributed by atoms with Gasteiger partial charge in [0, 0.05) is 20.1 Å². The SMILES string of the molecule is CNc1ncnc(N2CCC2)c1Br. The zero-order valence-electron chi connectivity index (χ0n) is 7.42. The van der Waals surface area contributed by atoms with Crippen LogP contribution in [0.15, 0.2) is 10.8 Å². The molecule has 1 aromatic heterocycles. The first kappa shape index (κ1) is 8.74. The van der Waals surface area contributed by atoms with Gasteiger partial charge in [0.25, 0.3) is 0 Å². The maximum absolute atomic E-state index is 4.24. The van der Waals surface area contributed by atoms with E-state index in [1.54, 1.807) is 6.33 Å². The van der Waals surface area contributed by atoms with Crippen LogP contribution in [0.1, 0.15) is 6.42 Å². The number of aromatic nitrogens is 2. The van der Waals surface area contributed by atoms with Gasteiger partial charge in [-0.25, -0.2) is 9.97 Å². The predicted molar refractivity (Wildman–Crippen MR) is 56.1 cm³/mol. The third kappa shape index (κ3) is 1.48. The molecule has 5 heteroatoms. The summed E-state index contributed by atoms with van der Waals surface area (Å²) in [5, 5.41) is 3.01. The molecule has 1 fully saturated rings. The predicted octanol–water partition coefficient (Wildman–Crippen LogP) is 1.49. The van der Waals surface area contributed by atoms with Crippen LogP contribution in [0.2, 0.25) is 0 Å². The van der Waals surface area contributed by atoms with E-state index >= 15 is 0 Å². The molecule has 0 amide bonds. The standard InChI is InChI=1S/C8H11BrN4/c1-10-7-6(9)8(12-5-11-7)13-3-2-4-13/h5H,2-4H2,1H3,(H,10,11,12). The normalized spacial score (nSPS) is 15.4. The molecule has 2 heterocycles. The van der Waals surface area contributed by atoms with Crippen molar-refractivity contribution in [3.8, 4) is 0 Å². The van der Waals surface area contributed by atoms with Crippen molar-refractivity contribution in [2.45, 2.75) is 6.42 Å². The molecule has 1 N–H and O–H groups in total. The molecule has 0 bridgehead atoms. The molecule has 1 saturated heterocycles. The smallest absolute Gasteiger partial charge is 0.148 e. The highest BCUT2D eigenvalue weighted by atomic mass is 79.9. The summed E-state index contributed by atoms with van der Waals surface area (Å²) in [6, 6.07) is 0. The van der Waals surface area contributed by atoms with Crippen LogP contribution < -0.4 is 10.2 Å². The summed E-state index contributed by atoms with van der Waals surface area (Å²) in [7, 11) is 1.85. The lowest BCUT2D eigenvalue weighted by atomic mass is 10.2. The lowest BCUT2D eigenvalue weighted by Gasteiger charge is -2.32. The summed E-state index contributed by atoms with van der Waals surface area (Å²) >= 11 is 3.49. The molecule has 1 aromatic rings. The first-order chi connectivity index (χ1) is 6.33. The molecule has 0 aromatic carbocycles. The van der Waals surface area contributed by atoms with Crippen LogP contribution in [0.5, 0.6) is 0 Å². The van der Waals surface area contributed by atoms with E-state index in [-0.39, 0.29) is 0 Å². The van der Waals surface area contributed by atoms with Gasteiger partial charge in [0.15, 0.2) is 0 Å². The summed E-state index contributed by atoms with van der Waals surface area (Å²) in [6.45, 7) is 2.19. The Labute approximate surface area is 85.5 Å². The van der Waals surface area contributed by atoms with Crippen LogP contribution in [0.25, 0.3) is 0 Å². The summed E-state index contributed by atoms with van der Waals surface area (Å²) in [4.78, 5) is 10.6. The lowest BCUT2D eigenvalue weighted by Crippen LogP contribution is -2.38. The molecule has 0 atom stereocenters. The van der Waals surface area contributed by atoms with Crippen molar-refractivity contribution in [1.82, 2.24) is 9.97 Å². The molecule has 0 radical (unpaired) electrons. The van der Waals surface area contributed by atoms with E-state index in [0.717, 1.165) is 29.2 Å². The van der Waals surface area contributed by atoms with Gasteiger partial charge in [0.05, 0.1) is 0 Å². The molecule has 2 rings (SSSR count). The molecule has 4 nitrogen and oxygen atoms in total. The van der Waals surface area contributed by atoms with Gasteiger partial charge in [-0.15, -0.1) is 0 Å². The Morgan fingerprint density at radius 1 is 1.46 bits per heavy atom. The summed E-state index contributed by atoms with van der Waals surface area (Å²) in [5.41, 5.74) is 0. The molecular weight excluding hydrogens is 232 g/mol. The van der Waals surface area contributed by atoms with Crippen LogP contribution in [0.3, 0.4) is 0 Å². The van der Waals surface area contributed by atoms with Crippen LogP contribution >= 0.6 is 15.9 Å². The van der Waals surface area contributed by atoms with Crippen LogP contribution in [-0.2, 0) is 0 Å². The minimum absolute atomic E-state index is 0.844. The van der Waals surface area contributed by atoms with Gasteiger partial charge in [-0.3, -0.25) is 0 Å². The average molecular weight is 243 g/mol. The fraction of sp³-hybridized carbons (Fsp3) is 0.500. The topological polar surface area (TPSA) is 41.1 Å². The highest BCUT2D eigenvalue weighted by molar-refractivity contribution is 9.10. The second-order valence-electron chi connectivity index (χ2n) is 2.95. The fourth-order valence-corrected chi connectivity index (χ4v) is 1.94. The van der Waals surface area contributed by atoms with E-state index < -0.39 is 0 Å². The first-order valence-corrected chi connectivity index (χ1v) is 5.05. The van der Waals surface area contributed by atoms with Crippen molar-refractivity contribution >= 4 is 27.6 Å². The third-order valence-corrected chi connectivity index (χ3v) is 2.89. The van der Waals surface area contributed by atoms with Crippen molar-refractivity contribution < 1.29 is 0 Å². The van der Waals surface area contributed by atoms with Crippen LogP contribution in [-0.4, -0.2) is 30.1 Å². The van der Waals surface area contributed by atoms with Gasteiger partial charge in [-0.05, 0) is 22.4 Å². The number of anilines is 2. The maximum atomic E-state index is 4.24. The monoisotopic (exact) mass is 242 g/mol. The average Bonchev–Trinajstić information content (AvgIpc) is 2.05. The van der Waals surface area contributed by atoms with Crippen LogP contribution in [0.4, 0.5) is 11.6 Å². The largest absolute Gasteiger partial charge is 0.372 e. The summed E-state index contributed by atoms with van der Waals surface area (Å²) in [6.07, 6.45) is 2.84. The number of nitrogens with zero attached hydrogens (tertiary/aromatic N) is 3. The second-order valence-corrected chi connectivity index (χ2v) is 3.74. The molecule has 13 heavy (non-hydrogen) atoms. The van der Waals surface area contributed by atoms with E-state index in [0.29, 0.717) is 0 Å². The number of nitrogens with one attached hydrogen (secondary N) is 1. The van der Waals surface area contributed by atoms with E-state index in [1.165, 1.54) is 6.42 Å². The van der Waals surface area contributed by atoms with E-state index in [2.05, 4.69) is 36.1 Å². The summed E-state index contributed by atoms with van der Waals surface area (Å²) < 4.78 is 0.956. The Kier molecular flexibility index (Phi) is 2.35. The zero-order valence-corrected chi connectivity index (χ0v) is 9.00. The Balaban J connectivity index is 2.33. The molecule has 0 unspecified atom stereocenters. The Hall–Kier alpha value is -0.840. The Morgan fingerprint density at radius 2 is 2.23 bits per heavy atom. The van der Waals surface area contributed by atoms with E-state index in [4.69, 9.17) is 0 Å². The number of hydrogen-bond donors (Lipinski definition) is 1. The Morgan fingerprint density at radius 3 is 2.77 bits per heavy atom. The molecule has 1 aliphatic heterocycles.